The Hall–Kier alpha value is -3.37. The van der Waals surface area contributed by atoms with E-state index in [2.05, 4.69) is 15.3 Å². The van der Waals surface area contributed by atoms with Crippen LogP contribution < -0.4 is 9.64 Å². The number of aromatic nitrogens is 4. The summed E-state index contributed by atoms with van der Waals surface area (Å²) in [6, 6.07) is 10.8. The molecule has 0 spiro atoms. The van der Waals surface area contributed by atoms with E-state index >= 15 is 0 Å². The number of amides is 1. The van der Waals surface area contributed by atoms with Crippen LogP contribution in [0.3, 0.4) is 0 Å². The monoisotopic (exact) mass is 462 g/mol. The highest BCUT2D eigenvalue weighted by molar-refractivity contribution is 5.79. The fourth-order valence-electron chi connectivity index (χ4n) is 3.91. The maximum absolute atomic E-state index is 13.1. The van der Waals surface area contributed by atoms with E-state index in [1.54, 1.807) is 18.0 Å². The van der Waals surface area contributed by atoms with Crippen LogP contribution in [0.1, 0.15) is 24.2 Å². The minimum atomic E-state index is -4.64. The average molecular weight is 462 g/mol. The first-order chi connectivity index (χ1) is 15.7. The van der Waals surface area contributed by atoms with Crippen molar-refractivity contribution in [2.24, 2.45) is 5.92 Å². The molecule has 2 aromatic heterocycles. The lowest BCUT2D eigenvalue weighted by molar-refractivity contribution is -0.146. The molecule has 176 valence electrons. The van der Waals surface area contributed by atoms with Gasteiger partial charge in [-0.1, -0.05) is 12.1 Å². The molecule has 0 aliphatic carbocycles. The number of halogens is 3. The van der Waals surface area contributed by atoms with Gasteiger partial charge in [0.15, 0.2) is 5.65 Å². The summed E-state index contributed by atoms with van der Waals surface area (Å²) in [6.45, 7) is 3.90. The highest BCUT2D eigenvalue weighted by atomic mass is 19.4. The van der Waals surface area contributed by atoms with E-state index in [0.29, 0.717) is 49.4 Å². The van der Waals surface area contributed by atoms with E-state index in [4.69, 9.17) is 4.74 Å². The van der Waals surface area contributed by atoms with E-state index in [1.165, 1.54) is 6.07 Å². The second-order valence-corrected chi connectivity index (χ2v) is 8.17. The lowest BCUT2D eigenvalue weighted by Gasteiger charge is -2.33. The van der Waals surface area contributed by atoms with Crippen LogP contribution in [-0.4, -0.2) is 63.9 Å². The number of alkyl halides is 3. The number of fused-ring (bicyclic) bond motifs is 1. The maximum Gasteiger partial charge on any atom is 0.453 e. The van der Waals surface area contributed by atoms with Crippen molar-refractivity contribution in [3.8, 4) is 5.75 Å². The molecule has 0 saturated carbocycles. The number of nitrogens with zero attached hydrogens (tertiary/aromatic N) is 6. The predicted molar refractivity (Wildman–Crippen MR) is 115 cm³/mol. The number of carbonyl (C=O) groups is 1. The highest BCUT2D eigenvalue weighted by Gasteiger charge is 2.38. The van der Waals surface area contributed by atoms with Gasteiger partial charge in [-0.15, -0.1) is 15.3 Å². The third-order valence-electron chi connectivity index (χ3n) is 5.73. The number of aryl methyl sites for hydroxylation is 1. The molecule has 0 atom stereocenters. The van der Waals surface area contributed by atoms with Crippen molar-refractivity contribution in [2.75, 3.05) is 38.2 Å². The zero-order chi connectivity index (χ0) is 23.6. The molecule has 4 rings (SSSR count). The summed E-state index contributed by atoms with van der Waals surface area (Å²) >= 11 is 0. The van der Waals surface area contributed by atoms with Gasteiger partial charge in [-0.05, 0) is 49.6 Å². The first kappa shape index (κ1) is 22.8. The van der Waals surface area contributed by atoms with Crippen molar-refractivity contribution < 1.29 is 22.7 Å². The first-order valence-electron chi connectivity index (χ1n) is 10.7. The summed E-state index contributed by atoms with van der Waals surface area (Å²) < 4.78 is 45.8. The topological polar surface area (TPSA) is 75.9 Å². The largest absolute Gasteiger partial charge is 0.492 e. The van der Waals surface area contributed by atoms with Gasteiger partial charge < -0.3 is 14.5 Å². The Balaban J connectivity index is 1.31. The van der Waals surface area contributed by atoms with Crippen LogP contribution in [0.25, 0.3) is 5.65 Å². The number of hydrogen-bond acceptors (Lipinski definition) is 6. The minimum Gasteiger partial charge on any atom is -0.492 e. The number of rotatable bonds is 6. The van der Waals surface area contributed by atoms with Crippen molar-refractivity contribution in [3.05, 3.63) is 47.8 Å². The normalized spacial score (nSPS) is 15.1. The molecule has 0 radical (unpaired) electrons. The lowest BCUT2D eigenvalue weighted by Crippen LogP contribution is -2.42. The van der Waals surface area contributed by atoms with Gasteiger partial charge in [0, 0.05) is 26.1 Å². The summed E-state index contributed by atoms with van der Waals surface area (Å²) in [4.78, 5) is 16.4. The molecule has 3 aromatic rings. The van der Waals surface area contributed by atoms with Crippen LogP contribution in [-0.2, 0) is 11.0 Å². The standard InChI is InChI=1S/C22H25F3N6O2/c1-15-4-3-5-17(14-15)33-13-12-29(2)20(32)16-8-10-30(11-9-16)19-7-6-18-26-27-21(22(23,24)25)31(18)28-19/h3-7,14,16H,8-13H2,1-2H3. The van der Waals surface area contributed by atoms with Crippen molar-refractivity contribution in [2.45, 2.75) is 25.9 Å². The van der Waals surface area contributed by atoms with Crippen LogP contribution in [0.15, 0.2) is 36.4 Å². The molecule has 1 aliphatic heterocycles. The van der Waals surface area contributed by atoms with Gasteiger partial charge >= 0.3 is 6.18 Å². The number of likely N-dealkylation sites (N-methyl/N-ethyl adjacent to an activating group) is 1. The van der Waals surface area contributed by atoms with E-state index in [-0.39, 0.29) is 17.5 Å². The molecular formula is C22H25F3N6O2. The van der Waals surface area contributed by atoms with Crippen molar-refractivity contribution >= 4 is 17.4 Å². The molecule has 1 aromatic carbocycles. The quantitative estimate of drug-likeness (QED) is 0.560. The Morgan fingerprint density at radius 3 is 2.64 bits per heavy atom. The Bertz CT molecular complexity index is 1120. The predicted octanol–water partition coefficient (Wildman–Crippen LogP) is 3.21. The van der Waals surface area contributed by atoms with E-state index in [1.807, 2.05) is 36.1 Å². The molecule has 1 aliphatic rings. The fourth-order valence-corrected chi connectivity index (χ4v) is 3.91. The Morgan fingerprint density at radius 1 is 1.18 bits per heavy atom. The number of ether oxygens (including phenoxy) is 1. The third-order valence-corrected chi connectivity index (χ3v) is 5.73. The Kier molecular flexibility index (Phi) is 6.39. The minimum absolute atomic E-state index is 0.0330. The summed E-state index contributed by atoms with van der Waals surface area (Å²) in [6.07, 6.45) is -3.45. The summed E-state index contributed by atoms with van der Waals surface area (Å²) in [5, 5.41) is 10.8. The first-order valence-corrected chi connectivity index (χ1v) is 10.7. The van der Waals surface area contributed by atoms with E-state index in [0.717, 1.165) is 11.3 Å². The number of anilines is 1. The Morgan fingerprint density at radius 2 is 1.94 bits per heavy atom. The maximum atomic E-state index is 13.1. The molecule has 33 heavy (non-hydrogen) atoms. The van der Waals surface area contributed by atoms with Crippen LogP contribution in [0.4, 0.5) is 19.0 Å². The second kappa shape index (κ2) is 9.24. The molecule has 1 saturated heterocycles. The highest BCUT2D eigenvalue weighted by Crippen LogP contribution is 2.29. The van der Waals surface area contributed by atoms with Gasteiger partial charge in [0.25, 0.3) is 5.82 Å². The van der Waals surface area contributed by atoms with Crippen LogP contribution >= 0.6 is 0 Å². The number of hydrogen-bond donors (Lipinski definition) is 0. The zero-order valence-corrected chi connectivity index (χ0v) is 18.4. The molecular weight excluding hydrogens is 437 g/mol. The van der Waals surface area contributed by atoms with Gasteiger partial charge in [-0.25, -0.2) is 0 Å². The summed E-state index contributed by atoms with van der Waals surface area (Å²) in [5.41, 5.74) is 1.14. The molecule has 0 unspecified atom stereocenters. The average Bonchev–Trinajstić information content (AvgIpc) is 3.22. The molecule has 8 nitrogen and oxygen atoms in total. The number of benzene rings is 1. The Labute approximate surface area is 189 Å². The molecule has 11 heteroatoms. The molecule has 1 fully saturated rings. The van der Waals surface area contributed by atoms with Gasteiger partial charge in [0.1, 0.15) is 18.2 Å². The molecule has 0 N–H and O–H groups in total. The summed E-state index contributed by atoms with van der Waals surface area (Å²) in [7, 11) is 1.76. The number of carbonyl (C=O) groups excluding carboxylic acids is 1. The molecule has 1 amide bonds. The fraction of sp³-hybridized carbons (Fsp3) is 0.455. The lowest BCUT2D eigenvalue weighted by atomic mass is 9.95. The van der Waals surface area contributed by atoms with Crippen molar-refractivity contribution in [1.82, 2.24) is 24.7 Å². The SMILES string of the molecule is Cc1cccc(OCCN(C)C(=O)C2CCN(c3ccc4nnc(C(F)(F)F)n4n3)CC2)c1. The van der Waals surface area contributed by atoms with Gasteiger partial charge in [-0.3, -0.25) is 4.79 Å². The molecule has 0 bridgehead atoms. The molecule has 3 heterocycles. The van der Waals surface area contributed by atoms with Crippen LogP contribution in [0.2, 0.25) is 0 Å². The van der Waals surface area contributed by atoms with Crippen molar-refractivity contribution in [1.29, 1.82) is 0 Å². The van der Waals surface area contributed by atoms with E-state index < -0.39 is 12.0 Å². The smallest absolute Gasteiger partial charge is 0.453 e. The third kappa shape index (κ3) is 5.18. The van der Waals surface area contributed by atoms with Crippen molar-refractivity contribution in [3.63, 3.8) is 0 Å². The van der Waals surface area contributed by atoms with E-state index in [9.17, 15) is 18.0 Å². The van der Waals surface area contributed by atoms with Gasteiger partial charge in [0.2, 0.25) is 5.91 Å². The van der Waals surface area contributed by atoms with Gasteiger partial charge in [0.05, 0.1) is 6.54 Å². The van der Waals surface area contributed by atoms with Crippen LogP contribution in [0.5, 0.6) is 5.75 Å². The summed E-state index contributed by atoms with van der Waals surface area (Å²) in [5.74, 6) is -0.0772. The van der Waals surface area contributed by atoms with Gasteiger partial charge in [-0.2, -0.15) is 17.7 Å². The number of piperidine rings is 1. The second-order valence-electron chi connectivity index (χ2n) is 8.17. The van der Waals surface area contributed by atoms with Crippen LogP contribution in [0, 0.1) is 12.8 Å². The zero-order valence-electron chi connectivity index (χ0n) is 18.4.